The Morgan fingerprint density at radius 1 is 1.05 bits per heavy atom. The van der Waals surface area contributed by atoms with E-state index < -0.39 is 48.0 Å². The molecule has 0 fully saturated rings. The summed E-state index contributed by atoms with van der Waals surface area (Å²) in [6.45, 7) is 2.21. The van der Waals surface area contributed by atoms with Crippen LogP contribution in [0.25, 0.3) is 0 Å². The number of rotatable bonds is 8. The molecular formula is C11H19N5O5. The molecule has 0 aromatic rings. The van der Waals surface area contributed by atoms with E-state index in [4.69, 9.17) is 11.5 Å². The second kappa shape index (κ2) is 8.51. The second-order valence-electron chi connectivity index (χ2n) is 4.33. The van der Waals surface area contributed by atoms with Crippen molar-refractivity contribution in [1.82, 2.24) is 16.0 Å². The SMILES string of the molecule is CC(=O)NCC(=O)N[C@@H](CC(N)=O)C(=O)N[C@@H](C)C(N)=O. The van der Waals surface area contributed by atoms with Crippen molar-refractivity contribution in [1.29, 1.82) is 0 Å². The number of carbonyl (C=O) groups excluding carboxylic acids is 5. The summed E-state index contributed by atoms with van der Waals surface area (Å²) in [7, 11) is 0. The number of carbonyl (C=O) groups is 5. The highest BCUT2D eigenvalue weighted by Gasteiger charge is 2.25. The quantitative estimate of drug-likeness (QED) is 0.312. The Bertz CT molecular complexity index is 450. The van der Waals surface area contributed by atoms with Gasteiger partial charge in [-0.25, -0.2) is 0 Å². The molecule has 5 amide bonds. The standard InChI is InChI=1S/C11H19N5O5/c1-5(10(13)20)15-11(21)7(3-8(12)18)16-9(19)4-14-6(2)17/h5,7H,3-4H2,1-2H3,(H2,12,18)(H2,13,20)(H,14,17)(H,15,21)(H,16,19)/t5-,7-/m0/s1. The maximum Gasteiger partial charge on any atom is 0.243 e. The summed E-state index contributed by atoms with van der Waals surface area (Å²) in [6, 6.07) is -2.23. The predicted octanol–water partition coefficient (Wildman–Crippen LogP) is -3.53. The Labute approximate surface area is 121 Å². The molecule has 0 unspecified atom stereocenters. The molecule has 21 heavy (non-hydrogen) atoms. The first-order chi connectivity index (χ1) is 9.63. The molecule has 0 saturated heterocycles. The van der Waals surface area contributed by atoms with E-state index in [-0.39, 0.29) is 6.54 Å². The van der Waals surface area contributed by atoms with Crippen molar-refractivity contribution in [2.75, 3.05) is 6.54 Å². The molecule has 0 rings (SSSR count). The van der Waals surface area contributed by atoms with Crippen molar-refractivity contribution >= 4 is 29.5 Å². The summed E-state index contributed by atoms with van der Waals surface area (Å²) in [5.74, 6) is -3.48. The molecule has 10 heteroatoms. The summed E-state index contributed by atoms with van der Waals surface area (Å²) in [4.78, 5) is 55.8. The topological polar surface area (TPSA) is 173 Å². The smallest absolute Gasteiger partial charge is 0.243 e. The van der Waals surface area contributed by atoms with Crippen molar-refractivity contribution < 1.29 is 24.0 Å². The number of hydrogen-bond acceptors (Lipinski definition) is 5. The third-order valence-corrected chi connectivity index (χ3v) is 2.34. The molecule has 0 aliphatic rings. The second-order valence-corrected chi connectivity index (χ2v) is 4.33. The van der Waals surface area contributed by atoms with E-state index in [1.807, 2.05) is 0 Å². The van der Waals surface area contributed by atoms with E-state index in [0.29, 0.717) is 0 Å². The molecule has 0 radical (unpaired) electrons. The summed E-state index contributed by atoms with van der Waals surface area (Å²) in [5, 5.41) is 6.69. The van der Waals surface area contributed by atoms with E-state index in [9.17, 15) is 24.0 Å². The highest BCUT2D eigenvalue weighted by Crippen LogP contribution is 1.94. The fourth-order valence-corrected chi connectivity index (χ4v) is 1.25. The highest BCUT2D eigenvalue weighted by atomic mass is 16.2. The zero-order valence-electron chi connectivity index (χ0n) is 11.8. The third-order valence-electron chi connectivity index (χ3n) is 2.34. The van der Waals surface area contributed by atoms with Gasteiger partial charge in [-0.3, -0.25) is 24.0 Å². The Morgan fingerprint density at radius 3 is 2.05 bits per heavy atom. The van der Waals surface area contributed by atoms with Crippen molar-refractivity contribution in [3.05, 3.63) is 0 Å². The lowest BCUT2D eigenvalue weighted by Gasteiger charge is -2.19. The van der Waals surface area contributed by atoms with Gasteiger partial charge in [-0.2, -0.15) is 0 Å². The summed E-state index contributed by atoms with van der Waals surface area (Å²) < 4.78 is 0. The molecule has 10 nitrogen and oxygen atoms in total. The first-order valence-electron chi connectivity index (χ1n) is 6.05. The summed E-state index contributed by atoms with van der Waals surface area (Å²) >= 11 is 0. The van der Waals surface area contributed by atoms with Gasteiger partial charge in [-0.15, -0.1) is 0 Å². The lowest BCUT2D eigenvalue weighted by molar-refractivity contribution is -0.133. The van der Waals surface area contributed by atoms with Crippen LogP contribution in [0.5, 0.6) is 0 Å². The van der Waals surface area contributed by atoms with Gasteiger partial charge in [0.25, 0.3) is 0 Å². The molecule has 0 aliphatic carbocycles. The fraction of sp³-hybridized carbons (Fsp3) is 0.545. The molecule has 0 saturated carbocycles. The Morgan fingerprint density at radius 2 is 1.62 bits per heavy atom. The van der Waals surface area contributed by atoms with E-state index >= 15 is 0 Å². The van der Waals surface area contributed by atoms with E-state index in [0.717, 1.165) is 0 Å². The van der Waals surface area contributed by atoms with Crippen LogP contribution in [0.1, 0.15) is 20.3 Å². The van der Waals surface area contributed by atoms with Crippen LogP contribution in [-0.2, 0) is 24.0 Å². The molecule has 0 aromatic carbocycles. The minimum absolute atomic E-state index is 0.358. The van der Waals surface area contributed by atoms with E-state index in [1.165, 1.54) is 13.8 Å². The van der Waals surface area contributed by atoms with Crippen LogP contribution < -0.4 is 27.4 Å². The molecule has 7 N–H and O–H groups in total. The molecular weight excluding hydrogens is 282 g/mol. The minimum Gasteiger partial charge on any atom is -0.370 e. The zero-order valence-corrected chi connectivity index (χ0v) is 11.8. The van der Waals surface area contributed by atoms with Crippen LogP contribution in [0.4, 0.5) is 0 Å². The number of nitrogens with one attached hydrogen (secondary N) is 3. The normalized spacial score (nSPS) is 12.7. The molecule has 0 heterocycles. The summed E-state index contributed by atoms with van der Waals surface area (Å²) in [5.41, 5.74) is 9.98. The zero-order chi connectivity index (χ0) is 16.6. The highest BCUT2D eigenvalue weighted by molar-refractivity contribution is 5.95. The Hall–Kier alpha value is -2.65. The van der Waals surface area contributed by atoms with E-state index in [2.05, 4.69) is 16.0 Å². The molecule has 118 valence electrons. The lowest BCUT2D eigenvalue weighted by Crippen LogP contribution is -2.54. The van der Waals surface area contributed by atoms with Crippen molar-refractivity contribution in [2.45, 2.75) is 32.4 Å². The number of nitrogens with two attached hydrogens (primary N) is 2. The maximum absolute atomic E-state index is 11.8. The number of hydrogen-bond donors (Lipinski definition) is 5. The largest absolute Gasteiger partial charge is 0.370 e. The average Bonchev–Trinajstić information content (AvgIpc) is 2.34. The van der Waals surface area contributed by atoms with Gasteiger partial charge in [0.2, 0.25) is 29.5 Å². The average molecular weight is 301 g/mol. The monoisotopic (exact) mass is 301 g/mol. The molecule has 0 bridgehead atoms. The maximum atomic E-state index is 11.8. The van der Waals surface area contributed by atoms with Gasteiger partial charge in [0.15, 0.2) is 0 Å². The van der Waals surface area contributed by atoms with Crippen LogP contribution in [0, 0.1) is 0 Å². The van der Waals surface area contributed by atoms with Gasteiger partial charge in [-0.05, 0) is 6.92 Å². The van der Waals surface area contributed by atoms with Gasteiger partial charge >= 0.3 is 0 Å². The molecule has 2 atom stereocenters. The van der Waals surface area contributed by atoms with Gasteiger partial charge < -0.3 is 27.4 Å². The molecule has 0 aliphatic heterocycles. The Balaban J connectivity index is 4.67. The Kier molecular flexibility index (Phi) is 7.43. The van der Waals surface area contributed by atoms with Gasteiger partial charge in [0.1, 0.15) is 12.1 Å². The van der Waals surface area contributed by atoms with Gasteiger partial charge in [0, 0.05) is 6.92 Å². The van der Waals surface area contributed by atoms with Crippen molar-refractivity contribution in [3.8, 4) is 0 Å². The third kappa shape index (κ3) is 8.18. The van der Waals surface area contributed by atoms with Crippen LogP contribution >= 0.6 is 0 Å². The fourth-order valence-electron chi connectivity index (χ4n) is 1.25. The molecule has 0 spiro atoms. The first-order valence-corrected chi connectivity index (χ1v) is 6.05. The van der Waals surface area contributed by atoms with Gasteiger partial charge in [-0.1, -0.05) is 0 Å². The van der Waals surface area contributed by atoms with E-state index in [1.54, 1.807) is 0 Å². The lowest BCUT2D eigenvalue weighted by atomic mass is 10.1. The van der Waals surface area contributed by atoms with Crippen LogP contribution in [-0.4, -0.2) is 48.2 Å². The molecule has 0 aromatic heterocycles. The van der Waals surface area contributed by atoms with Crippen molar-refractivity contribution in [2.24, 2.45) is 11.5 Å². The first kappa shape index (κ1) is 18.4. The van der Waals surface area contributed by atoms with Gasteiger partial charge in [0.05, 0.1) is 13.0 Å². The van der Waals surface area contributed by atoms with Crippen LogP contribution in [0.15, 0.2) is 0 Å². The van der Waals surface area contributed by atoms with Crippen molar-refractivity contribution in [3.63, 3.8) is 0 Å². The van der Waals surface area contributed by atoms with Crippen LogP contribution in [0.2, 0.25) is 0 Å². The minimum atomic E-state index is -1.26. The predicted molar refractivity (Wildman–Crippen MR) is 71.2 cm³/mol. The summed E-state index contributed by atoms with van der Waals surface area (Å²) in [6.07, 6.45) is -0.455. The number of primary amides is 2. The van der Waals surface area contributed by atoms with Crippen LogP contribution in [0.3, 0.4) is 0 Å². The number of amides is 5.